The molecule has 0 aliphatic heterocycles. The molecule has 4 aromatic rings. The van der Waals surface area contributed by atoms with E-state index in [1.54, 1.807) is 18.5 Å². The van der Waals surface area contributed by atoms with E-state index in [1.165, 1.54) is 0 Å². The summed E-state index contributed by atoms with van der Waals surface area (Å²) < 4.78 is 1.95. The van der Waals surface area contributed by atoms with Gasteiger partial charge in [0.25, 0.3) is 5.91 Å². The highest BCUT2D eigenvalue weighted by molar-refractivity contribution is 6.03. The zero-order valence-corrected chi connectivity index (χ0v) is 12.4. The average Bonchev–Trinajstić information content (AvgIpc) is 3.17. The molecule has 0 fully saturated rings. The number of aromatic amines is 1. The number of imidazole rings is 1. The fraction of sp³-hybridized carbons (Fsp3) is 0.125. The molecule has 4 aromatic heterocycles. The minimum absolute atomic E-state index is 0.245. The summed E-state index contributed by atoms with van der Waals surface area (Å²) in [6, 6.07) is 5.74. The summed E-state index contributed by atoms with van der Waals surface area (Å²) in [7, 11) is 0. The van der Waals surface area contributed by atoms with Crippen LogP contribution in [0.4, 0.5) is 0 Å². The molecule has 114 valence electrons. The minimum Gasteiger partial charge on any atom is -0.345 e. The molecule has 0 atom stereocenters. The fourth-order valence-corrected chi connectivity index (χ4v) is 2.54. The van der Waals surface area contributed by atoms with Crippen molar-refractivity contribution in [2.45, 2.75) is 13.5 Å². The Labute approximate surface area is 131 Å². The lowest BCUT2D eigenvalue weighted by atomic mass is 10.2. The number of hydrogen-bond acceptors (Lipinski definition) is 4. The summed E-state index contributed by atoms with van der Waals surface area (Å²) in [4.78, 5) is 21.0. The number of aromatic nitrogens is 5. The molecule has 0 aliphatic rings. The van der Waals surface area contributed by atoms with Gasteiger partial charge in [-0.1, -0.05) is 6.07 Å². The van der Waals surface area contributed by atoms with E-state index in [0.29, 0.717) is 17.6 Å². The number of fused-ring (bicyclic) bond motifs is 2. The van der Waals surface area contributed by atoms with Crippen molar-refractivity contribution in [2.24, 2.45) is 0 Å². The van der Waals surface area contributed by atoms with Crippen LogP contribution in [0.5, 0.6) is 0 Å². The van der Waals surface area contributed by atoms with Crippen molar-refractivity contribution in [3.05, 3.63) is 59.9 Å². The van der Waals surface area contributed by atoms with Gasteiger partial charge in [0, 0.05) is 18.6 Å². The summed E-state index contributed by atoms with van der Waals surface area (Å²) in [5, 5.41) is 10.3. The van der Waals surface area contributed by atoms with Crippen LogP contribution in [0.1, 0.15) is 21.7 Å². The zero-order valence-electron chi connectivity index (χ0n) is 12.4. The SMILES string of the molecule is Cc1ccc2nc(CNC(=O)c3nccc4[nH]ncc34)cn2c1. The van der Waals surface area contributed by atoms with E-state index in [4.69, 9.17) is 0 Å². The van der Waals surface area contributed by atoms with Gasteiger partial charge in [0.15, 0.2) is 0 Å². The van der Waals surface area contributed by atoms with Crippen molar-refractivity contribution >= 4 is 22.5 Å². The van der Waals surface area contributed by atoms with Crippen LogP contribution in [-0.2, 0) is 6.54 Å². The maximum Gasteiger partial charge on any atom is 0.270 e. The number of rotatable bonds is 3. The largest absolute Gasteiger partial charge is 0.345 e. The van der Waals surface area contributed by atoms with Crippen LogP contribution < -0.4 is 5.32 Å². The zero-order chi connectivity index (χ0) is 15.8. The Morgan fingerprint density at radius 3 is 3.13 bits per heavy atom. The second-order valence-corrected chi connectivity index (χ2v) is 5.38. The highest BCUT2D eigenvalue weighted by Gasteiger charge is 2.13. The molecule has 7 nitrogen and oxygen atoms in total. The van der Waals surface area contributed by atoms with Gasteiger partial charge in [-0.2, -0.15) is 5.10 Å². The van der Waals surface area contributed by atoms with E-state index in [0.717, 1.165) is 22.4 Å². The van der Waals surface area contributed by atoms with Gasteiger partial charge >= 0.3 is 0 Å². The lowest BCUT2D eigenvalue weighted by molar-refractivity contribution is 0.0947. The number of carbonyl (C=O) groups excluding carboxylic acids is 1. The van der Waals surface area contributed by atoms with Crippen LogP contribution in [0.25, 0.3) is 16.6 Å². The van der Waals surface area contributed by atoms with Crippen molar-refractivity contribution in [3.63, 3.8) is 0 Å². The van der Waals surface area contributed by atoms with Crippen molar-refractivity contribution in [2.75, 3.05) is 0 Å². The molecule has 0 aromatic carbocycles. The predicted molar refractivity (Wildman–Crippen MR) is 85.0 cm³/mol. The summed E-state index contributed by atoms with van der Waals surface area (Å²) in [6.07, 6.45) is 7.10. The van der Waals surface area contributed by atoms with E-state index < -0.39 is 0 Å². The molecule has 0 saturated heterocycles. The molecular weight excluding hydrogens is 292 g/mol. The Morgan fingerprint density at radius 2 is 2.22 bits per heavy atom. The average molecular weight is 306 g/mol. The van der Waals surface area contributed by atoms with Crippen LogP contribution in [0.3, 0.4) is 0 Å². The maximum atomic E-state index is 12.3. The van der Waals surface area contributed by atoms with Crippen molar-refractivity contribution in [1.82, 2.24) is 29.9 Å². The quantitative estimate of drug-likeness (QED) is 0.604. The minimum atomic E-state index is -0.245. The standard InChI is InChI=1S/C16H14N6O/c1-10-2-3-14-20-11(9-22(14)8-10)6-18-16(23)15-12-7-19-21-13(12)4-5-17-15/h2-5,7-9H,6H2,1H3,(H,18,23)(H,19,21). The number of H-pyrrole nitrogens is 1. The van der Waals surface area contributed by atoms with E-state index in [9.17, 15) is 4.79 Å². The molecule has 1 amide bonds. The highest BCUT2D eigenvalue weighted by atomic mass is 16.1. The van der Waals surface area contributed by atoms with E-state index >= 15 is 0 Å². The molecule has 2 N–H and O–H groups in total. The Morgan fingerprint density at radius 1 is 1.30 bits per heavy atom. The van der Waals surface area contributed by atoms with Crippen LogP contribution in [0.2, 0.25) is 0 Å². The summed E-state index contributed by atoms with van der Waals surface area (Å²) in [5.74, 6) is -0.245. The Kier molecular flexibility index (Phi) is 3.04. The molecule has 4 rings (SSSR count). The topological polar surface area (TPSA) is 88.0 Å². The molecule has 0 unspecified atom stereocenters. The number of pyridine rings is 2. The molecular formula is C16H14N6O. The van der Waals surface area contributed by atoms with Gasteiger partial charge in [-0.25, -0.2) is 4.98 Å². The van der Waals surface area contributed by atoms with Gasteiger partial charge in [0.2, 0.25) is 0 Å². The second-order valence-electron chi connectivity index (χ2n) is 5.38. The fourth-order valence-electron chi connectivity index (χ4n) is 2.54. The third kappa shape index (κ3) is 2.42. The van der Waals surface area contributed by atoms with Crippen molar-refractivity contribution in [1.29, 1.82) is 0 Å². The maximum absolute atomic E-state index is 12.3. The summed E-state index contributed by atoms with van der Waals surface area (Å²) in [6.45, 7) is 2.37. The van der Waals surface area contributed by atoms with Gasteiger partial charge in [0.1, 0.15) is 11.3 Å². The first-order valence-corrected chi connectivity index (χ1v) is 7.21. The first-order valence-electron chi connectivity index (χ1n) is 7.21. The van der Waals surface area contributed by atoms with Crippen molar-refractivity contribution < 1.29 is 4.79 Å². The van der Waals surface area contributed by atoms with Crippen molar-refractivity contribution in [3.8, 4) is 0 Å². The normalized spacial score (nSPS) is 11.2. The molecule has 0 radical (unpaired) electrons. The summed E-state index contributed by atoms with van der Waals surface area (Å²) in [5.41, 5.74) is 3.95. The van der Waals surface area contributed by atoms with Crippen LogP contribution >= 0.6 is 0 Å². The predicted octanol–water partition coefficient (Wildman–Crippen LogP) is 1.84. The Bertz CT molecular complexity index is 1020. The van der Waals surface area contributed by atoms with Gasteiger partial charge in [-0.05, 0) is 24.6 Å². The van der Waals surface area contributed by atoms with Gasteiger partial charge < -0.3 is 9.72 Å². The molecule has 0 saturated carbocycles. The van der Waals surface area contributed by atoms with E-state index in [2.05, 4.69) is 25.5 Å². The third-order valence-corrected chi connectivity index (χ3v) is 3.66. The number of nitrogens with zero attached hydrogens (tertiary/aromatic N) is 4. The van der Waals surface area contributed by atoms with E-state index in [-0.39, 0.29) is 5.91 Å². The van der Waals surface area contributed by atoms with Crippen LogP contribution in [0, 0.1) is 6.92 Å². The Balaban J connectivity index is 1.55. The number of hydrogen-bond donors (Lipinski definition) is 2. The number of amides is 1. The highest BCUT2D eigenvalue weighted by Crippen LogP contribution is 2.13. The lowest BCUT2D eigenvalue weighted by Gasteiger charge is -2.03. The van der Waals surface area contributed by atoms with Crippen LogP contribution in [0.15, 0.2) is 43.0 Å². The van der Waals surface area contributed by atoms with Gasteiger partial charge in [0.05, 0.1) is 29.3 Å². The number of carbonyl (C=O) groups is 1. The molecule has 23 heavy (non-hydrogen) atoms. The molecule has 0 bridgehead atoms. The third-order valence-electron chi connectivity index (χ3n) is 3.66. The smallest absolute Gasteiger partial charge is 0.270 e. The lowest BCUT2D eigenvalue weighted by Crippen LogP contribution is -2.24. The van der Waals surface area contributed by atoms with Gasteiger partial charge in [-0.3, -0.25) is 14.9 Å². The molecule has 0 spiro atoms. The molecule has 4 heterocycles. The van der Waals surface area contributed by atoms with E-state index in [1.807, 2.05) is 35.9 Å². The van der Waals surface area contributed by atoms with Gasteiger partial charge in [-0.15, -0.1) is 0 Å². The number of nitrogens with one attached hydrogen (secondary N) is 2. The first kappa shape index (κ1) is 13.4. The Hall–Kier alpha value is -3.22. The summed E-state index contributed by atoms with van der Waals surface area (Å²) >= 11 is 0. The monoisotopic (exact) mass is 306 g/mol. The number of aryl methyl sites for hydroxylation is 1. The molecule has 0 aliphatic carbocycles. The molecule has 7 heteroatoms. The van der Waals surface area contributed by atoms with Crippen LogP contribution in [-0.4, -0.2) is 30.5 Å². The second kappa shape index (κ2) is 5.20. The first-order chi connectivity index (χ1) is 11.2.